The average molecular weight is 434 g/mol. The molecule has 2 rings (SSSR count). The summed E-state index contributed by atoms with van der Waals surface area (Å²) in [5, 5.41) is 11.9. The summed E-state index contributed by atoms with van der Waals surface area (Å²) in [6, 6.07) is 14.7. The molecule has 0 aliphatic carbocycles. The zero-order chi connectivity index (χ0) is 21.9. The number of hydrogen-bond donors (Lipinski definition) is 2. The van der Waals surface area contributed by atoms with Gasteiger partial charge in [-0.2, -0.15) is 0 Å². The maximum atomic E-state index is 12.0. The van der Waals surface area contributed by atoms with Crippen LogP contribution in [0.15, 0.2) is 48.5 Å². The fraction of sp³-hybridized carbons (Fsp3) is 0.318. The highest BCUT2D eigenvalue weighted by atomic mass is 35.5. The Balaban J connectivity index is 2.03. The van der Waals surface area contributed by atoms with Crippen molar-refractivity contribution in [1.82, 2.24) is 5.32 Å². The van der Waals surface area contributed by atoms with Gasteiger partial charge in [-0.3, -0.25) is 9.59 Å². The van der Waals surface area contributed by atoms with E-state index in [1.807, 2.05) is 48.5 Å². The summed E-state index contributed by atoms with van der Waals surface area (Å²) in [6.07, 6.45) is 0.397. The molecule has 0 spiro atoms. The van der Waals surface area contributed by atoms with Gasteiger partial charge in [-0.15, -0.1) is 0 Å². The Kier molecular flexibility index (Phi) is 9.31. The van der Waals surface area contributed by atoms with Crippen molar-refractivity contribution in [1.29, 1.82) is 0 Å². The molecule has 0 heterocycles. The van der Waals surface area contributed by atoms with Crippen LogP contribution < -0.4 is 5.32 Å². The number of nitrogens with one attached hydrogen (secondary N) is 1. The molecule has 0 unspecified atom stereocenters. The fourth-order valence-corrected chi connectivity index (χ4v) is 3.07. The van der Waals surface area contributed by atoms with Crippen LogP contribution in [0.4, 0.5) is 0 Å². The third-order valence-electron chi connectivity index (χ3n) is 4.14. The highest BCUT2D eigenvalue weighted by molar-refractivity contribution is 6.30. The molecule has 7 nitrogen and oxygen atoms in total. The van der Waals surface area contributed by atoms with Crippen molar-refractivity contribution in [3.8, 4) is 11.1 Å². The molecule has 2 aromatic rings. The zero-order valence-corrected chi connectivity index (χ0v) is 17.4. The lowest BCUT2D eigenvalue weighted by Crippen LogP contribution is -2.40. The van der Waals surface area contributed by atoms with Crippen LogP contribution >= 0.6 is 11.6 Å². The van der Waals surface area contributed by atoms with E-state index in [9.17, 15) is 14.4 Å². The van der Waals surface area contributed by atoms with Gasteiger partial charge < -0.3 is 19.9 Å². The van der Waals surface area contributed by atoms with E-state index in [1.54, 1.807) is 6.92 Å². The van der Waals surface area contributed by atoms with Gasteiger partial charge in [-0.05, 0) is 42.2 Å². The second-order valence-electron chi connectivity index (χ2n) is 6.57. The number of halogens is 1. The second kappa shape index (κ2) is 11.9. The first kappa shape index (κ1) is 23.4. The van der Waals surface area contributed by atoms with E-state index in [0.717, 1.165) is 16.7 Å². The first-order valence-corrected chi connectivity index (χ1v) is 9.84. The Morgan fingerprint density at radius 1 is 1.07 bits per heavy atom. The number of aliphatic carboxylic acids is 1. The maximum absolute atomic E-state index is 12.0. The first-order valence-electron chi connectivity index (χ1n) is 9.46. The molecule has 0 saturated heterocycles. The fourth-order valence-electron chi connectivity index (χ4n) is 2.88. The van der Waals surface area contributed by atoms with Gasteiger partial charge >= 0.3 is 11.9 Å². The van der Waals surface area contributed by atoms with E-state index in [4.69, 9.17) is 26.2 Å². The highest BCUT2D eigenvalue weighted by Crippen LogP contribution is 2.23. The predicted octanol–water partition coefficient (Wildman–Crippen LogP) is 3.09. The van der Waals surface area contributed by atoms with Crippen molar-refractivity contribution in [3.05, 3.63) is 59.1 Å². The number of benzene rings is 2. The van der Waals surface area contributed by atoms with Crippen molar-refractivity contribution < 1.29 is 29.0 Å². The molecule has 0 aliphatic rings. The van der Waals surface area contributed by atoms with Crippen LogP contribution in [0, 0.1) is 0 Å². The minimum atomic E-state index is -1.16. The van der Waals surface area contributed by atoms with Crippen molar-refractivity contribution >= 4 is 29.4 Å². The molecular formula is C22H24ClNO6. The first-order chi connectivity index (χ1) is 14.4. The summed E-state index contributed by atoms with van der Waals surface area (Å²) in [6.45, 7) is 0.982. The molecule has 0 fully saturated rings. The number of hydrogen-bond acceptors (Lipinski definition) is 5. The minimum Gasteiger partial charge on any atom is -0.480 e. The third kappa shape index (κ3) is 8.23. The van der Waals surface area contributed by atoms with Gasteiger partial charge in [0.25, 0.3) is 0 Å². The molecule has 0 saturated carbocycles. The molecule has 30 heavy (non-hydrogen) atoms. The van der Waals surface area contributed by atoms with Gasteiger partial charge in [0, 0.05) is 11.1 Å². The molecule has 2 N–H and O–H groups in total. The number of esters is 1. The Morgan fingerprint density at radius 3 is 2.43 bits per heavy atom. The number of carboxylic acid groups (broad SMARTS) is 1. The third-order valence-corrected chi connectivity index (χ3v) is 4.37. The highest BCUT2D eigenvalue weighted by Gasteiger charge is 2.18. The van der Waals surface area contributed by atoms with Crippen molar-refractivity contribution in [2.24, 2.45) is 0 Å². The van der Waals surface area contributed by atoms with E-state index in [0.29, 0.717) is 11.4 Å². The molecule has 0 radical (unpaired) electrons. The van der Waals surface area contributed by atoms with Crippen LogP contribution in [-0.4, -0.2) is 48.8 Å². The second-order valence-corrected chi connectivity index (χ2v) is 7.01. The quantitative estimate of drug-likeness (QED) is 0.528. The van der Waals surface area contributed by atoms with Crippen LogP contribution in [0.3, 0.4) is 0 Å². The maximum Gasteiger partial charge on any atom is 0.329 e. The van der Waals surface area contributed by atoms with Crippen LogP contribution in [0.2, 0.25) is 5.02 Å². The normalized spacial score (nSPS) is 11.5. The topological polar surface area (TPSA) is 102 Å². The molecule has 0 aromatic heterocycles. The standard InChI is InChI=1S/C22H24ClNO6/c1-2-30-22(28)12-19(24-20(25)13-29-14-21(26)27)10-15-6-8-16(9-7-15)17-4-3-5-18(23)11-17/h3-9,11,19H,2,10,12-14H2,1H3,(H,24,25)(H,26,27)/t19-/m1/s1. The lowest BCUT2D eigenvalue weighted by atomic mass is 9.99. The Bertz CT molecular complexity index is 868. The van der Waals surface area contributed by atoms with Gasteiger partial charge in [0.15, 0.2) is 0 Å². The van der Waals surface area contributed by atoms with E-state index < -0.39 is 37.1 Å². The Hall–Kier alpha value is -2.90. The molecule has 2 aromatic carbocycles. The van der Waals surface area contributed by atoms with Gasteiger partial charge in [-0.1, -0.05) is 48.0 Å². The summed E-state index contributed by atoms with van der Waals surface area (Å²) in [5.74, 6) is -2.09. The van der Waals surface area contributed by atoms with Gasteiger partial charge in [0.2, 0.25) is 5.91 Å². The predicted molar refractivity (Wildman–Crippen MR) is 112 cm³/mol. The average Bonchev–Trinajstić information content (AvgIpc) is 2.68. The number of rotatable bonds is 11. The van der Waals surface area contributed by atoms with Gasteiger partial charge in [0.05, 0.1) is 13.0 Å². The molecular weight excluding hydrogens is 410 g/mol. The largest absolute Gasteiger partial charge is 0.480 e. The van der Waals surface area contributed by atoms with E-state index in [-0.39, 0.29) is 13.0 Å². The number of carboxylic acids is 1. The van der Waals surface area contributed by atoms with Crippen molar-refractivity contribution in [2.45, 2.75) is 25.8 Å². The van der Waals surface area contributed by atoms with E-state index in [2.05, 4.69) is 5.32 Å². The lowest BCUT2D eigenvalue weighted by molar-refractivity contribution is -0.143. The SMILES string of the molecule is CCOC(=O)C[C@@H](Cc1ccc(-c2cccc(Cl)c2)cc1)NC(=O)COCC(=O)O. The summed E-state index contributed by atoms with van der Waals surface area (Å²) in [7, 11) is 0. The van der Waals surface area contributed by atoms with Crippen LogP contribution in [-0.2, 0) is 30.3 Å². The van der Waals surface area contributed by atoms with Crippen LogP contribution in [0.25, 0.3) is 11.1 Å². The summed E-state index contributed by atoms with van der Waals surface area (Å²) < 4.78 is 9.78. The molecule has 1 atom stereocenters. The minimum absolute atomic E-state index is 0.00540. The Labute approximate surface area is 179 Å². The van der Waals surface area contributed by atoms with Crippen LogP contribution in [0.1, 0.15) is 18.9 Å². The summed E-state index contributed by atoms with van der Waals surface area (Å²) >= 11 is 6.04. The summed E-state index contributed by atoms with van der Waals surface area (Å²) in [5.41, 5.74) is 2.90. The number of carbonyl (C=O) groups excluding carboxylic acids is 2. The number of carbonyl (C=O) groups is 3. The smallest absolute Gasteiger partial charge is 0.329 e. The monoisotopic (exact) mass is 433 g/mol. The van der Waals surface area contributed by atoms with Crippen molar-refractivity contribution in [2.75, 3.05) is 19.8 Å². The lowest BCUT2D eigenvalue weighted by Gasteiger charge is -2.18. The molecule has 1 amide bonds. The molecule has 160 valence electrons. The number of ether oxygens (including phenoxy) is 2. The Morgan fingerprint density at radius 2 is 1.80 bits per heavy atom. The van der Waals surface area contributed by atoms with Gasteiger partial charge in [0.1, 0.15) is 13.2 Å². The zero-order valence-electron chi connectivity index (χ0n) is 16.6. The van der Waals surface area contributed by atoms with Crippen LogP contribution in [0.5, 0.6) is 0 Å². The molecule has 0 bridgehead atoms. The number of amides is 1. The molecule has 0 aliphatic heterocycles. The van der Waals surface area contributed by atoms with Crippen molar-refractivity contribution in [3.63, 3.8) is 0 Å². The summed E-state index contributed by atoms with van der Waals surface area (Å²) in [4.78, 5) is 34.4. The van der Waals surface area contributed by atoms with E-state index in [1.165, 1.54) is 0 Å². The van der Waals surface area contributed by atoms with E-state index >= 15 is 0 Å². The molecule has 8 heteroatoms. The van der Waals surface area contributed by atoms with Gasteiger partial charge in [-0.25, -0.2) is 4.79 Å².